The number of hydrogen-bond donors (Lipinski definition) is 1. The standard InChI is InChI=1S/C22H18N4O3/c1-28-21-13-16(14-23)7-12-20(21)29-15-22(27)24-17-8-10-19(11-9-17)26-25-18-5-3-2-4-6-18/h2-13H,15H2,1H3,(H,24,27). The monoisotopic (exact) mass is 386 g/mol. The summed E-state index contributed by atoms with van der Waals surface area (Å²) in [5, 5.41) is 20.0. The van der Waals surface area contributed by atoms with Crippen molar-refractivity contribution in [3.63, 3.8) is 0 Å². The molecule has 3 rings (SSSR count). The molecule has 0 saturated heterocycles. The summed E-state index contributed by atoms with van der Waals surface area (Å²) in [6.07, 6.45) is 0. The molecule has 3 aromatic rings. The zero-order chi connectivity index (χ0) is 20.5. The number of anilines is 1. The van der Waals surface area contributed by atoms with Crippen LogP contribution in [0.1, 0.15) is 5.56 Å². The number of azo groups is 1. The average Bonchev–Trinajstić information content (AvgIpc) is 2.77. The van der Waals surface area contributed by atoms with Crippen molar-refractivity contribution in [1.82, 2.24) is 0 Å². The maximum atomic E-state index is 12.1. The fraction of sp³-hybridized carbons (Fsp3) is 0.0909. The van der Waals surface area contributed by atoms with Gasteiger partial charge < -0.3 is 14.8 Å². The third-order valence-electron chi connectivity index (χ3n) is 3.84. The smallest absolute Gasteiger partial charge is 0.262 e. The van der Waals surface area contributed by atoms with Crippen molar-refractivity contribution in [2.24, 2.45) is 10.2 Å². The summed E-state index contributed by atoms with van der Waals surface area (Å²) in [5.41, 5.74) is 2.50. The first-order valence-electron chi connectivity index (χ1n) is 8.75. The predicted octanol–water partition coefficient (Wildman–Crippen LogP) is 5.00. The van der Waals surface area contributed by atoms with Crippen molar-refractivity contribution >= 4 is 23.0 Å². The summed E-state index contributed by atoms with van der Waals surface area (Å²) >= 11 is 0. The lowest BCUT2D eigenvalue weighted by Crippen LogP contribution is -2.20. The first-order chi connectivity index (χ1) is 14.2. The van der Waals surface area contributed by atoms with Crippen molar-refractivity contribution in [3.05, 3.63) is 78.4 Å². The predicted molar refractivity (Wildman–Crippen MR) is 109 cm³/mol. The Kier molecular flexibility index (Phi) is 6.53. The van der Waals surface area contributed by atoms with Crippen molar-refractivity contribution in [2.45, 2.75) is 0 Å². The van der Waals surface area contributed by atoms with Gasteiger partial charge in [-0.25, -0.2) is 0 Å². The highest BCUT2D eigenvalue weighted by Crippen LogP contribution is 2.27. The number of rotatable bonds is 7. The summed E-state index contributed by atoms with van der Waals surface area (Å²) in [6, 6.07) is 23.2. The number of nitrogens with zero attached hydrogens (tertiary/aromatic N) is 3. The normalized spacial score (nSPS) is 10.3. The Bertz CT molecular complexity index is 1040. The number of carbonyl (C=O) groups is 1. The van der Waals surface area contributed by atoms with E-state index in [1.165, 1.54) is 7.11 Å². The van der Waals surface area contributed by atoms with Crippen molar-refractivity contribution in [2.75, 3.05) is 19.0 Å². The van der Waals surface area contributed by atoms with Gasteiger partial charge in [-0.1, -0.05) is 18.2 Å². The van der Waals surface area contributed by atoms with Crippen molar-refractivity contribution in [1.29, 1.82) is 5.26 Å². The van der Waals surface area contributed by atoms with Crippen LogP contribution in [0.3, 0.4) is 0 Å². The third-order valence-corrected chi connectivity index (χ3v) is 3.84. The fourth-order valence-electron chi connectivity index (χ4n) is 2.42. The maximum absolute atomic E-state index is 12.1. The van der Waals surface area contributed by atoms with Crippen LogP contribution in [-0.4, -0.2) is 19.6 Å². The number of carbonyl (C=O) groups excluding carboxylic acids is 1. The molecule has 7 heteroatoms. The minimum absolute atomic E-state index is 0.197. The van der Waals surface area contributed by atoms with E-state index >= 15 is 0 Å². The maximum Gasteiger partial charge on any atom is 0.262 e. The van der Waals surface area contributed by atoms with E-state index in [1.54, 1.807) is 42.5 Å². The molecule has 1 amide bonds. The molecular weight excluding hydrogens is 368 g/mol. The van der Waals surface area contributed by atoms with Crippen LogP contribution in [0, 0.1) is 11.3 Å². The van der Waals surface area contributed by atoms with Gasteiger partial charge in [0.2, 0.25) is 0 Å². The molecule has 0 heterocycles. The Labute approximate surface area is 168 Å². The third kappa shape index (κ3) is 5.65. The molecule has 0 aliphatic heterocycles. The highest BCUT2D eigenvalue weighted by atomic mass is 16.5. The number of hydrogen-bond acceptors (Lipinski definition) is 6. The van der Waals surface area contributed by atoms with Gasteiger partial charge in [-0.3, -0.25) is 4.79 Å². The highest BCUT2D eigenvalue weighted by molar-refractivity contribution is 5.92. The number of methoxy groups -OCH3 is 1. The fourth-order valence-corrected chi connectivity index (χ4v) is 2.42. The van der Waals surface area contributed by atoms with Crippen LogP contribution in [0.4, 0.5) is 17.1 Å². The van der Waals surface area contributed by atoms with Crippen LogP contribution >= 0.6 is 0 Å². The van der Waals surface area contributed by atoms with E-state index in [4.69, 9.17) is 14.7 Å². The van der Waals surface area contributed by atoms with Crippen LogP contribution < -0.4 is 14.8 Å². The Hall–Kier alpha value is -4.18. The second kappa shape index (κ2) is 9.67. The van der Waals surface area contributed by atoms with Gasteiger partial charge in [0.15, 0.2) is 18.1 Å². The summed E-state index contributed by atoms with van der Waals surface area (Å²) in [4.78, 5) is 12.1. The molecule has 144 valence electrons. The summed E-state index contributed by atoms with van der Waals surface area (Å²) in [7, 11) is 1.47. The van der Waals surface area contributed by atoms with Crippen molar-refractivity contribution < 1.29 is 14.3 Å². The quantitative estimate of drug-likeness (QED) is 0.578. The molecule has 0 bridgehead atoms. The second-order valence-electron chi connectivity index (χ2n) is 5.90. The van der Waals surface area contributed by atoms with Crippen LogP contribution in [0.5, 0.6) is 11.5 Å². The Morgan fingerprint density at radius 2 is 1.66 bits per heavy atom. The molecule has 0 aliphatic carbocycles. The molecule has 0 spiro atoms. The lowest BCUT2D eigenvalue weighted by atomic mass is 10.2. The number of amides is 1. The molecule has 0 radical (unpaired) electrons. The van der Waals surface area contributed by atoms with E-state index in [1.807, 2.05) is 36.4 Å². The lowest BCUT2D eigenvalue weighted by molar-refractivity contribution is -0.118. The van der Waals surface area contributed by atoms with E-state index < -0.39 is 0 Å². The molecule has 0 atom stereocenters. The molecule has 0 fully saturated rings. The van der Waals surface area contributed by atoms with Gasteiger partial charge in [-0.05, 0) is 48.5 Å². The molecule has 0 unspecified atom stereocenters. The van der Waals surface area contributed by atoms with Gasteiger partial charge in [0.1, 0.15) is 0 Å². The Morgan fingerprint density at radius 1 is 0.966 bits per heavy atom. The summed E-state index contributed by atoms with van der Waals surface area (Å²) in [5.74, 6) is 0.457. The van der Waals surface area contributed by atoms with Gasteiger partial charge in [0.25, 0.3) is 5.91 Å². The molecule has 3 aromatic carbocycles. The number of benzene rings is 3. The minimum Gasteiger partial charge on any atom is -0.493 e. The van der Waals surface area contributed by atoms with Gasteiger partial charge >= 0.3 is 0 Å². The van der Waals surface area contributed by atoms with Gasteiger partial charge in [0.05, 0.1) is 30.1 Å². The Morgan fingerprint density at radius 3 is 2.31 bits per heavy atom. The zero-order valence-electron chi connectivity index (χ0n) is 15.7. The molecule has 1 N–H and O–H groups in total. The molecular formula is C22H18N4O3. The first-order valence-corrected chi connectivity index (χ1v) is 8.75. The SMILES string of the molecule is COc1cc(C#N)ccc1OCC(=O)Nc1ccc(N=Nc2ccccc2)cc1. The molecule has 29 heavy (non-hydrogen) atoms. The number of nitrogens with one attached hydrogen (secondary N) is 1. The van der Waals surface area contributed by atoms with Crippen molar-refractivity contribution in [3.8, 4) is 17.6 Å². The van der Waals surface area contributed by atoms with E-state index in [9.17, 15) is 4.79 Å². The summed E-state index contributed by atoms with van der Waals surface area (Å²) < 4.78 is 10.7. The van der Waals surface area contributed by atoms with E-state index in [0.717, 1.165) is 5.69 Å². The number of ether oxygens (including phenoxy) is 2. The van der Waals surface area contributed by atoms with Crippen LogP contribution in [-0.2, 0) is 4.79 Å². The molecule has 0 aromatic heterocycles. The van der Waals surface area contributed by atoms with Crippen LogP contribution in [0.15, 0.2) is 83.0 Å². The first kappa shape index (κ1) is 19.6. The molecule has 0 aliphatic rings. The highest BCUT2D eigenvalue weighted by Gasteiger charge is 2.09. The van der Waals surface area contributed by atoms with Gasteiger partial charge in [0, 0.05) is 11.8 Å². The zero-order valence-corrected chi connectivity index (χ0v) is 15.7. The van der Waals surface area contributed by atoms with Crippen LogP contribution in [0.25, 0.3) is 0 Å². The average molecular weight is 386 g/mol. The lowest BCUT2D eigenvalue weighted by Gasteiger charge is -2.11. The van der Waals surface area contributed by atoms with E-state index in [-0.39, 0.29) is 12.5 Å². The minimum atomic E-state index is -0.324. The molecule has 7 nitrogen and oxygen atoms in total. The van der Waals surface area contributed by atoms with Crippen LogP contribution in [0.2, 0.25) is 0 Å². The molecule has 0 saturated carbocycles. The van der Waals surface area contributed by atoms with E-state index in [0.29, 0.717) is 28.4 Å². The topological polar surface area (TPSA) is 96.1 Å². The Balaban J connectivity index is 1.54. The largest absolute Gasteiger partial charge is 0.493 e. The summed E-state index contributed by atoms with van der Waals surface area (Å²) in [6.45, 7) is -0.197. The van der Waals surface area contributed by atoms with Gasteiger partial charge in [-0.2, -0.15) is 15.5 Å². The number of nitriles is 1. The second-order valence-corrected chi connectivity index (χ2v) is 5.90. The van der Waals surface area contributed by atoms with E-state index in [2.05, 4.69) is 15.5 Å². The van der Waals surface area contributed by atoms with Gasteiger partial charge in [-0.15, -0.1) is 0 Å².